The van der Waals surface area contributed by atoms with Crippen LogP contribution in [-0.2, 0) is 4.79 Å². The van der Waals surface area contributed by atoms with Crippen LogP contribution in [0.5, 0.6) is 11.5 Å². The SMILES string of the molecule is CC1CCC(=O)N1c1cccc(NC(=O)c2ccc3c(c2)OCCO3)c1. The maximum Gasteiger partial charge on any atom is 0.255 e. The van der Waals surface area contributed by atoms with Gasteiger partial charge in [0.2, 0.25) is 5.91 Å². The van der Waals surface area contributed by atoms with Crippen LogP contribution in [0, 0.1) is 0 Å². The van der Waals surface area contributed by atoms with Crippen molar-refractivity contribution in [3.05, 3.63) is 48.0 Å². The van der Waals surface area contributed by atoms with E-state index in [4.69, 9.17) is 9.47 Å². The third-order valence-corrected chi connectivity index (χ3v) is 4.67. The van der Waals surface area contributed by atoms with Crippen molar-refractivity contribution < 1.29 is 19.1 Å². The summed E-state index contributed by atoms with van der Waals surface area (Å²) in [4.78, 5) is 26.5. The van der Waals surface area contributed by atoms with E-state index < -0.39 is 0 Å². The second-order valence-electron chi connectivity index (χ2n) is 6.51. The highest BCUT2D eigenvalue weighted by molar-refractivity contribution is 6.05. The van der Waals surface area contributed by atoms with Gasteiger partial charge in [-0.15, -0.1) is 0 Å². The fourth-order valence-electron chi connectivity index (χ4n) is 3.35. The van der Waals surface area contributed by atoms with E-state index in [9.17, 15) is 9.59 Å². The van der Waals surface area contributed by atoms with Crippen LogP contribution in [0.25, 0.3) is 0 Å². The van der Waals surface area contributed by atoms with Crippen molar-refractivity contribution in [2.75, 3.05) is 23.4 Å². The molecule has 2 heterocycles. The molecule has 6 nitrogen and oxygen atoms in total. The first kappa shape index (κ1) is 16.4. The highest BCUT2D eigenvalue weighted by Gasteiger charge is 2.28. The molecule has 1 saturated heterocycles. The number of carbonyl (C=O) groups excluding carboxylic acids is 2. The largest absolute Gasteiger partial charge is 0.486 e. The van der Waals surface area contributed by atoms with Gasteiger partial charge in [-0.1, -0.05) is 6.07 Å². The van der Waals surface area contributed by atoms with Crippen LogP contribution in [0.4, 0.5) is 11.4 Å². The Labute approximate surface area is 151 Å². The smallest absolute Gasteiger partial charge is 0.255 e. The average molecular weight is 352 g/mol. The standard InChI is InChI=1S/C20H20N2O4/c1-13-5-8-19(23)22(13)16-4-2-3-15(12-16)21-20(24)14-6-7-17-18(11-14)26-10-9-25-17/h2-4,6-7,11-13H,5,8-10H2,1H3,(H,21,24). The van der Waals surface area contributed by atoms with Crippen LogP contribution in [0.2, 0.25) is 0 Å². The molecule has 134 valence electrons. The van der Waals surface area contributed by atoms with E-state index in [1.54, 1.807) is 23.1 Å². The molecular formula is C20H20N2O4. The van der Waals surface area contributed by atoms with Gasteiger partial charge in [0.05, 0.1) is 0 Å². The molecule has 1 atom stereocenters. The monoisotopic (exact) mass is 352 g/mol. The number of hydrogen-bond acceptors (Lipinski definition) is 4. The van der Waals surface area contributed by atoms with E-state index in [1.807, 2.05) is 31.2 Å². The normalized spacial score (nSPS) is 18.7. The van der Waals surface area contributed by atoms with Crippen LogP contribution >= 0.6 is 0 Å². The van der Waals surface area contributed by atoms with Gasteiger partial charge >= 0.3 is 0 Å². The van der Waals surface area contributed by atoms with Crippen molar-refractivity contribution in [3.8, 4) is 11.5 Å². The Hall–Kier alpha value is -3.02. The van der Waals surface area contributed by atoms with E-state index in [-0.39, 0.29) is 17.9 Å². The Bertz CT molecular complexity index is 865. The van der Waals surface area contributed by atoms with Gasteiger partial charge in [0.25, 0.3) is 5.91 Å². The predicted molar refractivity (Wildman–Crippen MR) is 98.0 cm³/mol. The number of rotatable bonds is 3. The molecule has 0 spiro atoms. The summed E-state index contributed by atoms with van der Waals surface area (Å²) in [5, 5.41) is 2.89. The second kappa shape index (κ2) is 6.71. The Balaban J connectivity index is 1.53. The van der Waals surface area contributed by atoms with Gasteiger partial charge in [-0.05, 0) is 49.7 Å². The minimum atomic E-state index is -0.236. The molecule has 1 fully saturated rings. The summed E-state index contributed by atoms with van der Waals surface area (Å²) >= 11 is 0. The first-order valence-corrected chi connectivity index (χ1v) is 8.75. The van der Waals surface area contributed by atoms with E-state index in [1.165, 1.54) is 0 Å². The highest BCUT2D eigenvalue weighted by Crippen LogP contribution is 2.31. The Morgan fingerprint density at radius 3 is 2.69 bits per heavy atom. The van der Waals surface area contributed by atoms with Crippen molar-refractivity contribution >= 4 is 23.2 Å². The number of hydrogen-bond donors (Lipinski definition) is 1. The number of ether oxygens (including phenoxy) is 2. The van der Waals surface area contributed by atoms with Gasteiger partial charge in [-0.3, -0.25) is 9.59 Å². The van der Waals surface area contributed by atoms with Crippen molar-refractivity contribution in [1.82, 2.24) is 0 Å². The van der Waals surface area contributed by atoms with Crippen molar-refractivity contribution in [2.24, 2.45) is 0 Å². The molecule has 0 radical (unpaired) electrons. The summed E-state index contributed by atoms with van der Waals surface area (Å²) in [5.41, 5.74) is 1.94. The molecule has 0 saturated carbocycles. The molecule has 2 aromatic carbocycles. The van der Waals surface area contributed by atoms with Gasteiger partial charge in [-0.2, -0.15) is 0 Å². The number of anilines is 2. The first-order chi connectivity index (χ1) is 12.6. The first-order valence-electron chi connectivity index (χ1n) is 8.75. The third kappa shape index (κ3) is 3.10. The average Bonchev–Trinajstić information content (AvgIpc) is 3.00. The van der Waals surface area contributed by atoms with Gasteiger partial charge < -0.3 is 19.7 Å². The Kier molecular flexibility index (Phi) is 4.24. The maximum atomic E-state index is 12.6. The molecule has 0 aliphatic carbocycles. The van der Waals surface area contributed by atoms with Crippen LogP contribution in [0.1, 0.15) is 30.1 Å². The zero-order valence-corrected chi connectivity index (χ0v) is 14.5. The maximum absolute atomic E-state index is 12.6. The molecule has 0 bridgehead atoms. The van der Waals surface area contributed by atoms with E-state index >= 15 is 0 Å². The van der Waals surface area contributed by atoms with Crippen molar-refractivity contribution in [2.45, 2.75) is 25.8 Å². The highest BCUT2D eigenvalue weighted by atomic mass is 16.6. The summed E-state index contributed by atoms with van der Waals surface area (Å²) in [6, 6.07) is 12.7. The Morgan fingerprint density at radius 2 is 1.92 bits per heavy atom. The van der Waals surface area contributed by atoms with E-state index in [2.05, 4.69) is 5.32 Å². The number of amides is 2. The molecule has 2 amide bonds. The molecule has 6 heteroatoms. The molecule has 4 rings (SSSR count). The number of benzene rings is 2. The molecule has 1 N–H and O–H groups in total. The van der Waals surface area contributed by atoms with Crippen LogP contribution < -0.4 is 19.7 Å². The van der Waals surface area contributed by atoms with Crippen LogP contribution in [-0.4, -0.2) is 31.1 Å². The summed E-state index contributed by atoms with van der Waals surface area (Å²) in [6.07, 6.45) is 1.42. The molecular weight excluding hydrogens is 332 g/mol. The molecule has 26 heavy (non-hydrogen) atoms. The number of carbonyl (C=O) groups is 2. The molecule has 2 aliphatic rings. The summed E-state index contributed by atoms with van der Waals surface area (Å²) in [7, 11) is 0. The van der Waals surface area contributed by atoms with Gasteiger partial charge in [0, 0.05) is 29.4 Å². The van der Waals surface area contributed by atoms with Crippen molar-refractivity contribution in [1.29, 1.82) is 0 Å². The second-order valence-corrected chi connectivity index (χ2v) is 6.51. The lowest BCUT2D eigenvalue weighted by atomic mass is 10.1. The summed E-state index contributed by atoms with van der Waals surface area (Å²) in [5.74, 6) is 1.11. The van der Waals surface area contributed by atoms with Gasteiger partial charge in [0.15, 0.2) is 11.5 Å². The van der Waals surface area contributed by atoms with Crippen molar-refractivity contribution in [3.63, 3.8) is 0 Å². The number of nitrogens with one attached hydrogen (secondary N) is 1. The zero-order chi connectivity index (χ0) is 18.1. The predicted octanol–water partition coefficient (Wildman–Crippen LogP) is 3.23. The fraction of sp³-hybridized carbons (Fsp3) is 0.300. The van der Waals surface area contributed by atoms with Gasteiger partial charge in [0.1, 0.15) is 13.2 Å². The summed E-state index contributed by atoms with van der Waals surface area (Å²) in [6.45, 7) is 3.02. The topological polar surface area (TPSA) is 67.9 Å². The molecule has 2 aromatic rings. The fourth-order valence-corrected chi connectivity index (χ4v) is 3.35. The van der Waals surface area contributed by atoms with E-state index in [0.717, 1.165) is 12.1 Å². The molecule has 1 unspecified atom stereocenters. The zero-order valence-electron chi connectivity index (χ0n) is 14.5. The lowest BCUT2D eigenvalue weighted by Crippen LogP contribution is -2.30. The molecule has 2 aliphatic heterocycles. The minimum Gasteiger partial charge on any atom is -0.486 e. The van der Waals surface area contributed by atoms with E-state index in [0.29, 0.717) is 42.4 Å². The quantitative estimate of drug-likeness (QED) is 0.921. The number of fused-ring (bicyclic) bond motifs is 1. The number of nitrogens with zero attached hydrogens (tertiary/aromatic N) is 1. The molecule has 0 aromatic heterocycles. The minimum absolute atomic E-state index is 0.118. The lowest BCUT2D eigenvalue weighted by molar-refractivity contribution is -0.117. The third-order valence-electron chi connectivity index (χ3n) is 4.67. The van der Waals surface area contributed by atoms with Gasteiger partial charge in [-0.25, -0.2) is 0 Å². The van der Waals surface area contributed by atoms with Crippen LogP contribution in [0.15, 0.2) is 42.5 Å². The van der Waals surface area contributed by atoms with Crippen LogP contribution in [0.3, 0.4) is 0 Å². The summed E-state index contributed by atoms with van der Waals surface area (Å²) < 4.78 is 11.0. The lowest BCUT2D eigenvalue weighted by Gasteiger charge is -2.22. The Morgan fingerprint density at radius 1 is 1.12 bits per heavy atom.